The van der Waals surface area contributed by atoms with Crippen LogP contribution in [0.4, 0.5) is 0 Å². The second-order valence-electron chi connectivity index (χ2n) is 5.20. The van der Waals surface area contributed by atoms with Gasteiger partial charge in [0.1, 0.15) is 5.75 Å². The van der Waals surface area contributed by atoms with E-state index < -0.39 is 0 Å². The molecule has 0 aliphatic heterocycles. The van der Waals surface area contributed by atoms with Crippen LogP contribution >= 0.6 is 0 Å². The predicted octanol–water partition coefficient (Wildman–Crippen LogP) is 4.09. The van der Waals surface area contributed by atoms with Crippen molar-refractivity contribution in [3.05, 3.63) is 29.8 Å². The van der Waals surface area contributed by atoms with Gasteiger partial charge in [0.05, 0.1) is 12.7 Å². The molecule has 0 aromatic heterocycles. The summed E-state index contributed by atoms with van der Waals surface area (Å²) in [5.74, 6) is 1.90. The standard InChI is InChI=1S/C16H22O2/c1-3-12-7-6-8-13(11-12)16(17)14-9-4-5-10-15(14)18-2/h4-5,9-10,12-13H,3,6-8,11H2,1-2H3. The van der Waals surface area contributed by atoms with E-state index in [1.54, 1.807) is 7.11 Å². The van der Waals surface area contributed by atoms with Crippen molar-refractivity contribution in [2.75, 3.05) is 7.11 Å². The molecular formula is C16H22O2. The summed E-state index contributed by atoms with van der Waals surface area (Å²) in [6, 6.07) is 7.57. The first kappa shape index (κ1) is 13.1. The highest BCUT2D eigenvalue weighted by atomic mass is 16.5. The Morgan fingerprint density at radius 3 is 2.83 bits per heavy atom. The number of rotatable bonds is 4. The second kappa shape index (κ2) is 6.03. The van der Waals surface area contributed by atoms with Gasteiger partial charge >= 0.3 is 0 Å². The third-order valence-electron chi connectivity index (χ3n) is 4.10. The van der Waals surface area contributed by atoms with E-state index in [1.165, 1.54) is 19.3 Å². The van der Waals surface area contributed by atoms with Crippen LogP contribution in [-0.4, -0.2) is 12.9 Å². The number of methoxy groups -OCH3 is 1. The summed E-state index contributed by atoms with van der Waals surface area (Å²) in [5.41, 5.74) is 0.752. The molecule has 0 saturated heterocycles. The molecule has 2 heteroatoms. The van der Waals surface area contributed by atoms with Crippen molar-refractivity contribution in [2.24, 2.45) is 11.8 Å². The first-order chi connectivity index (χ1) is 8.76. The first-order valence-electron chi connectivity index (χ1n) is 6.93. The minimum absolute atomic E-state index is 0.194. The van der Waals surface area contributed by atoms with Gasteiger partial charge in [0.25, 0.3) is 0 Å². The summed E-state index contributed by atoms with van der Waals surface area (Å²) in [6.07, 6.45) is 5.74. The number of carbonyl (C=O) groups excluding carboxylic acids is 1. The van der Waals surface area contributed by atoms with Crippen molar-refractivity contribution in [3.8, 4) is 5.75 Å². The molecule has 1 aliphatic carbocycles. The van der Waals surface area contributed by atoms with Gasteiger partial charge in [0.15, 0.2) is 5.78 Å². The van der Waals surface area contributed by atoms with Crippen LogP contribution in [0.5, 0.6) is 5.75 Å². The zero-order valence-electron chi connectivity index (χ0n) is 11.3. The highest BCUT2D eigenvalue weighted by Crippen LogP contribution is 2.34. The SMILES string of the molecule is CCC1CCCC(C(=O)c2ccccc2OC)C1. The third kappa shape index (κ3) is 2.74. The zero-order valence-corrected chi connectivity index (χ0v) is 11.3. The molecule has 2 unspecified atom stereocenters. The maximum atomic E-state index is 12.6. The number of hydrogen-bond donors (Lipinski definition) is 0. The van der Waals surface area contributed by atoms with Gasteiger partial charge in [-0.2, -0.15) is 0 Å². The summed E-state index contributed by atoms with van der Waals surface area (Å²) in [5, 5.41) is 0. The maximum absolute atomic E-state index is 12.6. The molecule has 1 saturated carbocycles. The molecule has 0 bridgehead atoms. The number of hydrogen-bond acceptors (Lipinski definition) is 2. The van der Waals surface area contributed by atoms with Crippen LogP contribution in [-0.2, 0) is 0 Å². The third-order valence-corrected chi connectivity index (χ3v) is 4.10. The van der Waals surface area contributed by atoms with E-state index in [2.05, 4.69) is 6.92 Å². The van der Waals surface area contributed by atoms with Crippen LogP contribution < -0.4 is 4.74 Å². The van der Waals surface area contributed by atoms with E-state index in [4.69, 9.17) is 4.74 Å². The fraction of sp³-hybridized carbons (Fsp3) is 0.562. The van der Waals surface area contributed by atoms with Crippen LogP contribution in [0.1, 0.15) is 49.4 Å². The lowest BCUT2D eigenvalue weighted by Crippen LogP contribution is -2.23. The minimum atomic E-state index is 0.194. The molecule has 1 aromatic rings. The lowest BCUT2D eigenvalue weighted by Gasteiger charge is -2.27. The van der Waals surface area contributed by atoms with Gasteiger partial charge in [0, 0.05) is 5.92 Å². The average Bonchev–Trinajstić information content (AvgIpc) is 2.46. The molecule has 1 aromatic carbocycles. The van der Waals surface area contributed by atoms with Gasteiger partial charge in [-0.3, -0.25) is 4.79 Å². The first-order valence-corrected chi connectivity index (χ1v) is 6.93. The molecule has 2 atom stereocenters. The molecule has 0 radical (unpaired) electrons. The number of benzene rings is 1. The van der Waals surface area contributed by atoms with Gasteiger partial charge in [-0.1, -0.05) is 38.3 Å². The molecule has 0 amide bonds. The summed E-state index contributed by atoms with van der Waals surface area (Å²) < 4.78 is 5.29. The van der Waals surface area contributed by atoms with Gasteiger partial charge in [-0.05, 0) is 30.9 Å². The Morgan fingerprint density at radius 2 is 2.11 bits per heavy atom. The monoisotopic (exact) mass is 246 g/mol. The van der Waals surface area contributed by atoms with Crippen molar-refractivity contribution < 1.29 is 9.53 Å². The van der Waals surface area contributed by atoms with E-state index >= 15 is 0 Å². The fourth-order valence-corrected chi connectivity index (χ4v) is 2.97. The lowest BCUT2D eigenvalue weighted by atomic mass is 9.77. The topological polar surface area (TPSA) is 26.3 Å². The molecule has 2 rings (SSSR count). The Hall–Kier alpha value is -1.31. The smallest absolute Gasteiger partial charge is 0.169 e. The number of carbonyl (C=O) groups is 1. The predicted molar refractivity (Wildman–Crippen MR) is 73.1 cm³/mol. The Morgan fingerprint density at radius 1 is 1.33 bits per heavy atom. The van der Waals surface area contributed by atoms with Crippen LogP contribution in [0.3, 0.4) is 0 Å². The van der Waals surface area contributed by atoms with Crippen LogP contribution in [0.2, 0.25) is 0 Å². The molecule has 1 fully saturated rings. The van der Waals surface area contributed by atoms with E-state index in [0.717, 1.165) is 24.3 Å². The normalized spacial score (nSPS) is 23.7. The summed E-state index contributed by atoms with van der Waals surface area (Å²) >= 11 is 0. The molecular weight excluding hydrogens is 224 g/mol. The zero-order chi connectivity index (χ0) is 13.0. The Balaban J connectivity index is 2.15. The number of ether oxygens (including phenoxy) is 1. The highest BCUT2D eigenvalue weighted by molar-refractivity contribution is 6.00. The summed E-state index contributed by atoms with van der Waals surface area (Å²) in [7, 11) is 1.63. The fourth-order valence-electron chi connectivity index (χ4n) is 2.97. The largest absolute Gasteiger partial charge is 0.496 e. The van der Waals surface area contributed by atoms with Gasteiger partial charge in [0.2, 0.25) is 0 Å². The van der Waals surface area contributed by atoms with Crippen LogP contribution in [0.15, 0.2) is 24.3 Å². The number of para-hydroxylation sites is 1. The Bertz CT molecular complexity index is 411. The average molecular weight is 246 g/mol. The molecule has 1 aliphatic rings. The van der Waals surface area contributed by atoms with E-state index in [-0.39, 0.29) is 11.7 Å². The maximum Gasteiger partial charge on any atom is 0.169 e. The van der Waals surface area contributed by atoms with Gasteiger partial charge < -0.3 is 4.74 Å². The molecule has 18 heavy (non-hydrogen) atoms. The van der Waals surface area contributed by atoms with Crippen molar-refractivity contribution in [3.63, 3.8) is 0 Å². The van der Waals surface area contributed by atoms with Crippen LogP contribution in [0.25, 0.3) is 0 Å². The number of ketones is 1. The quantitative estimate of drug-likeness (QED) is 0.748. The molecule has 2 nitrogen and oxygen atoms in total. The van der Waals surface area contributed by atoms with Gasteiger partial charge in [-0.15, -0.1) is 0 Å². The van der Waals surface area contributed by atoms with Crippen LogP contribution in [0, 0.1) is 11.8 Å². The van der Waals surface area contributed by atoms with Crippen molar-refractivity contribution in [2.45, 2.75) is 39.0 Å². The van der Waals surface area contributed by atoms with Crippen molar-refractivity contribution in [1.82, 2.24) is 0 Å². The molecule has 98 valence electrons. The van der Waals surface area contributed by atoms with Crippen molar-refractivity contribution >= 4 is 5.78 Å². The number of Topliss-reactive ketones (excluding diaryl/α,β-unsaturated/α-hetero) is 1. The molecule has 0 heterocycles. The van der Waals surface area contributed by atoms with E-state index in [1.807, 2.05) is 24.3 Å². The molecule has 0 N–H and O–H groups in total. The summed E-state index contributed by atoms with van der Waals surface area (Å²) in [6.45, 7) is 2.22. The highest BCUT2D eigenvalue weighted by Gasteiger charge is 2.28. The Kier molecular flexibility index (Phi) is 4.40. The van der Waals surface area contributed by atoms with Crippen molar-refractivity contribution in [1.29, 1.82) is 0 Å². The minimum Gasteiger partial charge on any atom is -0.496 e. The van der Waals surface area contributed by atoms with Gasteiger partial charge in [-0.25, -0.2) is 0 Å². The summed E-state index contributed by atoms with van der Waals surface area (Å²) in [4.78, 5) is 12.6. The Labute approximate surface area is 109 Å². The molecule has 0 spiro atoms. The second-order valence-corrected chi connectivity index (χ2v) is 5.20. The van der Waals surface area contributed by atoms with E-state index in [9.17, 15) is 4.79 Å². The lowest BCUT2D eigenvalue weighted by molar-refractivity contribution is 0.0859. The van der Waals surface area contributed by atoms with E-state index in [0.29, 0.717) is 5.75 Å².